The number of aromatic amines is 1. The second-order valence-corrected chi connectivity index (χ2v) is 5.64. The van der Waals surface area contributed by atoms with Gasteiger partial charge in [0.25, 0.3) is 5.56 Å². The molecule has 2 rings (SSSR count). The van der Waals surface area contributed by atoms with Crippen molar-refractivity contribution in [3.8, 4) is 0 Å². The fourth-order valence-corrected chi connectivity index (χ4v) is 2.81. The number of aromatic nitrogens is 2. The van der Waals surface area contributed by atoms with E-state index in [1.807, 2.05) is 0 Å². The van der Waals surface area contributed by atoms with Gasteiger partial charge in [0.15, 0.2) is 5.78 Å². The summed E-state index contributed by atoms with van der Waals surface area (Å²) in [7, 11) is 0. The summed E-state index contributed by atoms with van der Waals surface area (Å²) in [4.78, 5) is 38.0. The maximum Gasteiger partial charge on any atom is 0.328 e. The molecule has 0 bridgehead atoms. The lowest BCUT2D eigenvalue weighted by Crippen LogP contribution is -2.43. The second-order valence-electron chi connectivity index (χ2n) is 5.64. The standard InChI is InChI=1S/C13H18N2O3/c1-8(16)9-7-14-12(18)15(11(9)17)10-5-4-6-13(10,2)3/h7,10H,4-6H2,1-3H3,(H,14,18). The van der Waals surface area contributed by atoms with Gasteiger partial charge in [-0.1, -0.05) is 20.3 Å². The maximum absolute atomic E-state index is 12.2. The number of carbonyl (C=O) groups excluding carboxylic acids is 1. The number of ketones is 1. The van der Waals surface area contributed by atoms with E-state index in [4.69, 9.17) is 0 Å². The van der Waals surface area contributed by atoms with Crippen molar-refractivity contribution >= 4 is 5.78 Å². The molecular formula is C13H18N2O3. The molecule has 1 fully saturated rings. The molecule has 1 aliphatic carbocycles. The highest BCUT2D eigenvalue weighted by molar-refractivity contribution is 5.93. The van der Waals surface area contributed by atoms with E-state index in [1.165, 1.54) is 17.7 Å². The summed E-state index contributed by atoms with van der Waals surface area (Å²) in [6.07, 6.45) is 3.99. The topological polar surface area (TPSA) is 71.9 Å². The molecular weight excluding hydrogens is 232 g/mol. The largest absolute Gasteiger partial charge is 0.328 e. The Morgan fingerprint density at radius 3 is 2.61 bits per heavy atom. The van der Waals surface area contributed by atoms with Gasteiger partial charge in [-0.05, 0) is 25.2 Å². The Hall–Kier alpha value is -1.65. The zero-order valence-electron chi connectivity index (χ0n) is 10.9. The van der Waals surface area contributed by atoms with Crippen molar-refractivity contribution < 1.29 is 4.79 Å². The van der Waals surface area contributed by atoms with E-state index in [-0.39, 0.29) is 22.8 Å². The quantitative estimate of drug-likeness (QED) is 0.808. The zero-order valence-corrected chi connectivity index (χ0v) is 10.9. The first-order valence-electron chi connectivity index (χ1n) is 6.20. The molecule has 1 aromatic rings. The minimum absolute atomic E-state index is 0.0531. The number of hydrogen-bond acceptors (Lipinski definition) is 3. The molecule has 5 nitrogen and oxygen atoms in total. The van der Waals surface area contributed by atoms with Crippen molar-refractivity contribution in [3.63, 3.8) is 0 Å². The number of rotatable bonds is 2. The fraction of sp³-hybridized carbons (Fsp3) is 0.615. The molecule has 1 atom stereocenters. The molecule has 0 aromatic carbocycles. The summed E-state index contributed by atoms with van der Waals surface area (Å²) in [6, 6.07) is -0.131. The van der Waals surface area contributed by atoms with Gasteiger partial charge in [0.1, 0.15) is 0 Å². The molecule has 0 spiro atoms. The van der Waals surface area contributed by atoms with Crippen LogP contribution in [0.1, 0.15) is 56.4 Å². The van der Waals surface area contributed by atoms with Crippen molar-refractivity contribution in [2.45, 2.75) is 46.1 Å². The van der Waals surface area contributed by atoms with Crippen LogP contribution >= 0.6 is 0 Å². The Morgan fingerprint density at radius 2 is 2.11 bits per heavy atom. The van der Waals surface area contributed by atoms with E-state index in [1.54, 1.807) is 0 Å². The molecule has 1 aromatic heterocycles. The Kier molecular flexibility index (Phi) is 3.00. The number of Topliss-reactive ketones (excluding diaryl/α,β-unsaturated/α-hetero) is 1. The van der Waals surface area contributed by atoms with Crippen LogP contribution in [0.5, 0.6) is 0 Å². The molecule has 0 amide bonds. The first-order valence-corrected chi connectivity index (χ1v) is 6.20. The molecule has 1 saturated carbocycles. The molecule has 1 N–H and O–H groups in total. The molecule has 1 unspecified atom stereocenters. The number of H-pyrrole nitrogens is 1. The van der Waals surface area contributed by atoms with Crippen molar-refractivity contribution in [2.24, 2.45) is 5.41 Å². The van der Waals surface area contributed by atoms with Gasteiger partial charge in [-0.25, -0.2) is 4.79 Å². The van der Waals surface area contributed by atoms with Gasteiger partial charge in [-0.2, -0.15) is 0 Å². The van der Waals surface area contributed by atoms with Crippen LogP contribution < -0.4 is 11.2 Å². The highest BCUT2D eigenvalue weighted by atomic mass is 16.2. The van der Waals surface area contributed by atoms with Crippen LogP contribution in [0.2, 0.25) is 0 Å². The summed E-state index contributed by atoms with van der Waals surface area (Å²) in [5, 5.41) is 0. The minimum atomic E-state index is -0.466. The van der Waals surface area contributed by atoms with Crippen molar-refractivity contribution in [2.75, 3.05) is 0 Å². The summed E-state index contributed by atoms with van der Waals surface area (Å²) in [5.74, 6) is -0.319. The zero-order chi connectivity index (χ0) is 13.5. The number of carbonyl (C=O) groups is 1. The SMILES string of the molecule is CC(=O)c1c[nH]c(=O)n(C2CCCC2(C)C)c1=O. The highest BCUT2D eigenvalue weighted by Gasteiger charge is 2.37. The predicted octanol–water partition coefficient (Wildman–Crippen LogP) is 1.49. The van der Waals surface area contributed by atoms with Crippen LogP contribution in [0.3, 0.4) is 0 Å². The van der Waals surface area contributed by atoms with Crippen LogP contribution in [0.15, 0.2) is 15.8 Å². The van der Waals surface area contributed by atoms with Crippen LogP contribution in [0.4, 0.5) is 0 Å². The van der Waals surface area contributed by atoms with Crippen molar-refractivity contribution in [1.82, 2.24) is 9.55 Å². The van der Waals surface area contributed by atoms with Crippen molar-refractivity contribution in [1.29, 1.82) is 0 Å². The number of nitrogens with one attached hydrogen (secondary N) is 1. The van der Waals surface area contributed by atoms with Gasteiger partial charge in [0, 0.05) is 12.2 Å². The first-order chi connectivity index (χ1) is 8.34. The number of nitrogens with zero attached hydrogens (tertiary/aromatic N) is 1. The second kappa shape index (κ2) is 4.23. The third-order valence-corrected chi connectivity index (χ3v) is 3.90. The summed E-state index contributed by atoms with van der Waals surface area (Å²) in [6.45, 7) is 5.44. The highest BCUT2D eigenvalue weighted by Crippen LogP contribution is 2.44. The molecule has 5 heteroatoms. The lowest BCUT2D eigenvalue weighted by Gasteiger charge is -2.27. The molecule has 98 valence electrons. The number of hydrogen-bond donors (Lipinski definition) is 1. The third kappa shape index (κ3) is 1.94. The first kappa shape index (κ1) is 12.8. The Bertz CT molecular complexity index is 595. The summed E-state index contributed by atoms with van der Waals surface area (Å²) < 4.78 is 1.23. The van der Waals surface area contributed by atoms with Gasteiger partial charge in [-0.15, -0.1) is 0 Å². The van der Waals surface area contributed by atoms with Crippen molar-refractivity contribution in [3.05, 3.63) is 32.6 Å². The molecule has 0 aliphatic heterocycles. The van der Waals surface area contributed by atoms with Gasteiger partial charge in [0.05, 0.1) is 5.56 Å². The molecule has 18 heavy (non-hydrogen) atoms. The lowest BCUT2D eigenvalue weighted by atomic mass is 9.87. The van der Waals surface area contributed by atoms with Crippen LogP contribution in [-0.4, -0.2) is 15.3 Å². The normalized spacial score (nSPS) is 22.1. The van der Waals surface area contributed by atoms with Crippen LogP contribution in [0.25, 0.3) is 0 Å². The molecule has 1 heterocycles. The van der Waals surface area contributed by atoms with Gasteiger partial charge in [0.2, 0.25) is 0 Å². The summed E-state index contributed by atoms with van der Waals surface area (Å²) >= 11 is 0. The van der Waals surface area contributed by atoms with E-state index >= 15 is 0 Å². The molecule has 0 saturated heterocycles. The molecule has 0 radical (unpaired) electrons. The predicted molar refractivity (Wildman–Crippen MR) is 68.0 cm³/mol. The third-order valence-electron chi connectivity index (χ3n) is 3.90. The minimum Gasteiger partial charge on any atom is -0.313 e. The average Bonchev–Trinajstić information content (AvgIpc) is 2.58. The monoisotopic (exact) mass is 250 g/mol. The van der Waals surface area contributed by atoms with E-state index in [0.717, 1.165) is 19.3 Å². The molecule has 1 aliphatic rings. The van der Waals surface area contributed by atoms with E-state index in [9.17, 15) is 14.4 Å². The van der Waals surface area contributed by atoms with E-state index in [0.29, 0.717) is 0 Å². The van der Waals surface area contributed by atoms with Gasteiger partial charge >= 0.3 is 5.69 Å². The average molecular weight is 250 g/mol. The van der Waals surface area contributed by atoms with Crippen LogP contribution in [0, 0.1) is 5.41 Å². The smallest absolute Gasteiger partial charge is 0.313 e. The van der Waals surface area contributed by atoms with E-state index < -0.39 is 11.2 Å². The Morgan fingerprint density at radius 1 is 1.44 bits per heavy atom. The fourth-order valence-electron chi connectivity index (χ4n) is 2.81. The van der Waals surface area contributed by atoms with Crippen LogP contribution in [-0.2, 0) is 0 Å². The Balaban J connectivity index is 2.65. The maximum atomic E-state index is 12.2. The van der Waals surface area contributed by atoms with Gasteiger partial charge < -0.3 is 4.98 Å². The lowest BCUT2D eigenvalue weighted by molar-refractivity contribution is 0.101. The van der Waals surface area contributed by atoms with E-state index in [2.05, 4.69) is 18.8 Å². The van der Waals surface area contributed by atoms with Gasteiger partial charge in [-0.3, -0.25) is 14.2 Å². The Labute approximate surface area is 105 Å². The summed E-state index contributed by atoms with van der Waals surface area (Å²) in [5.41, 5.74) is -0.930.